The maximum Gasteiger partial charge on any atom is 0.407 e. The van der Waals surface area contributed by atoms with E-state index in [2.05, 4.69) is 20.9 Å². The molecule has 2 aromatic carbocycles. The second-order valence-electron chi connectivity index (χ2n) is 9.86. The number of unbranched alkanes of at least 4 members (excludes halogenated alkanes) is 1. The topological polar surface area (TPSA) is 121 Å². The molecule has 9 heteroatoms. The van der Waals surface area contributed by atoms with Crippen LogP contribution in [0.25, 0.3) is 11.0 Å². The first kappa shape index (κ1) is 26.7. The van der Waals surface area contributed by atoms with Crippen LogP contribution in [0.3, 0.4) is 0 Å². The van der Waals surface area contributed by atoms with Crippen LogP contribution < -0.4 is 21.4 Å². The Balaban J connectivity index is 1.69. The largest absolute Gasteiger partial charge is 0.444 e. The summed E-state index contributed by atoms with van der Waals surface area (Å²) in [5, 5.41) is 17.6. The number of ether oxygens (including phenoxy) is 1. The van der Waals surface area contributed by atoms with Crippen LogP contribution in [0.4, 0.5) is 16.3 Å². The van der Waals surface area contributed by atoms with Gasteiger partial charge in [0.1, 0.15) is 5.60 Å². The molecule has 1 heterocycles. The number of carbonyl (C=O) groups is 2. The van der Waals surface area contributed by atoms with Gasteiger partial charge in [-0.15, -0.1) is 0 Å². The van der Waals surface area contributed by atoms with E-state index in [9.17, 15) is 9.59 Å². The van der Waals surface area contributed by atoms with E-state index in [1.165, 1.54) is 0 Å². The number of benzene rings is 2. The summed E-state index contributed by atoms with van der Waals surface area (Å²) in [6.07, 6.45) is 1.10. The first-order valence-corrected chi connectivity index (χ1v) is 12.2. The van der Waals surface area contributed by atoms with Crippen LogP contribution in [-0.2, 0) is 4.74 Å². The van der Waals surface area contributed by atoms with Gasteiger partial charge in [-0.05, 0) is 77.8 Å². The Morgan fingerprint density at radius 1 is 1.06 bits per heavy atom. The zero-order valence-corrected chi connectivity index (χ0v) is 21.6. The minimum absolute atomic E-state index is 0.0329. The zero-order chi connectivity index (χ0) is 26.3. The SMILES string of the molecule is CC(C)n1c(=N)c(NCCCCNC(=O)OC(C)(C)C)nc2cc(C(=O)Nc3ccccc3)ccc21. The van der Waals surface area contributed by atoms with Gasteiger partial charge in [0.25, 0.3) is 5.91 Å². The highest BCUT2D eigenvalue weighted by molar-refractivity contribution is 6.05. The molecule has 2 amide bonds. The van der Waals surface area contributed by atoms with Gasteiger partial charge in [-0.3, -0.25) is 10.2 Å². The predicted octanol–water partition coefficient (Wildman–Crippen LogP) is 5.07. The zero-order valence-electron chi connectivity index (χ0n) is 21.6. The van der Waals surface area contributed by atoms with E-state index < -0.39 is 11.7 Å². The molecule has 192 valence electrons. The first-order chi connectivity index (χ1) is 17.0. The van der Waals surface area contributed by atoms with Crippen molar-refractivity contribution in [1.82, 2.24) is 14.9 Å². The molecule has 0 aliphatic rings. The van der Waals surface area contributed by atoms with E-state index in [-0.39, 0.29) is 17.4 Å². The predicted molar refractivity (Wildman–Crippen MR) is 142 cm³/mol. The fraction of sp³-hybridized carbons (Fsp3) is 0.407. The molecule has 36 heavy (non-hydrogen) atoms. The number of aromatic nitrogens is 2. The molecule has 0 saturated carbocycles. The number of alkyl carbamates (subject to hydrolysis) is 1. The number of carbonyl (C=O) groups excluding carboxylic acids is 2. The second-order valence-corrected chi connectivity index (χ2v) is 9.86. The fourth-order valence-electron chi connectivity index (χ4n) is 3.71. The van der Waals surface area contributed by atoms with E-state index in [0.29, 0.717) is 30.0 Å². The average molecular weight is 493 g/mol. The summed E-state index contributed by atoms with van der Waals surface area (Å²) in [6, 6.07) is 14.7. The third kappa shape index (κ3) is 7.31. The van der Waals surface area contributed by atoms with Crippen LogP contribution in [0.15, 0.2) is 48.5 Å². The number of hydrogen-bond donors (Lipinski definition) is 4. The number of nitrogens with zero attached hydrogens (tertiary/aromatic N) is 2. The minimum atomic E-state index is -0.522. The second kappa shape index (κ2) is 11.7. The minimum Gasteiger partial charge on any atom is -0.444 e. The summed E-state index contributed by atoms with van der Waals surface area (Å²) in [6.45, 7) is 10.6. The van der Waals surface area contributed by atoms with Crippen LogP contribution in [0.5, 0.6) is 0 Å². The molecule has 3 aromatic rings. The number of anilines is 2. The summed E-state index contributed by atoms with van der Waals surface area (Å²) in [5.74, 6) is 0.236. The van der Waals surface area contributed by atoms with E-state index in [1.807, 2.05) is 75.6 Å². The molecule has 0 aliphatic heterocycles. The number of hydrogen-bond acceptors (Lipinski definition) is 6. The summed E-state index contributed by atoms with van der Waals surface area (Å²) in [5.41, 5.74) is 2.40. The Morgan fingerprint density at radius 3 is 2.42 bits per heavy atom. The molecule has 0 bridgehead atoms. The van der Waals surface area contributed by atoms with Gasteiger partial charge in [0.2, 0.25) is 0 Å². The highest BCUT2D eigenvalue weighted by Gasteiger charge is 2.16. The van der Waals surface area contributed by atoms with E-state index >= 15 is 0 Å². The van der Waals surface area contributed by atoms with Gasteiger partial charge in [0.15, 0.2) is 11.3 Å². The van der Waals surface area contributed by atoms with Crippen LogP contribution in [0.2, 0.25) is 0 Å². The number of fused-ring (bicyclic) bond motifs is 1. The van der Waals surface area contributed by atoms with Crippen molar-refractivity contribution in [2.75, 3.05) is 23.7 Å². The lowest BCUT2D eigenvalue weighted by atomic mass is 10.1. The van der Waals surface area contributed by atoms with Gasteiger partial charge in [-0.25, -0.2) is 9.78 Å². The molecular weight excluding hydrogens is 456 g/mol. The molecule has 9 nitrogen and oxygen atoms in total. The molecule has 0 unspecified atom stereocenters. The molecule has 0 radical (unpaired) electrons. The smallest absolute Gasteiger partial charge is 0.407 e. The van der Waals surface area contributed by atoms with Crippen molar-refractivity contribution in [3.8, 4) is 0 Å². The normalized spacial score (nSPS) is 11.4. The highest BCUT2D eigenvalue weighted by atomic mass is 16.6. The summed E-state index contributed by atoms with van der Waals surface area (Å²) >= 11 is 0. The Kier molecular flexibility index (Phi) is 8.68. The van der Waals surface area contributed by atoms with Crippen molar-refractivity contribution >= 4 is 34.5 Å². The van der Waals surface area contributed by atoms with Gasteiger partial charge in [0, 0.05) is 30.4 Å². The van der Waals surface area contributed by atoms with Crippen molar-refractivity contribution in [1.29, 1.82) is 5.41 Å². The maximum atomic E-state index is 12.8. The Bertz CT molecular complexity index is 1260. The summed E-state index contributed by atoms with van der Waals surface area (Å²) < 4.78 is 7.13. The Labute approximate surface area is 211 Å². The van der Waals surface area contributed by atoms with Crippen LogP contribution in [0.1, 0.15) is 63.9 Å². The number of nitrogens with one attached hydrogen (secondary N) is 4. The number of para-hydroxylation sites is 1. The molecule has 1 aromatic heterocycles. The van der Waals surface area contributed by atoms with Gasteiger partial charge in [0.05, 0.1) is 11.0 Å². The molecule has 0 aliphatic carbocycles. The first-order valence-electron chi connectivity index (χ1n) is 12.2. The Morgan fingerprint density at radius 2 is 1.75 bits per heavy atom. The molecule has 0 fully saturated rings. The van der Waals surface area contributed by atoms with Crippen molar-refractivity contribution < 1.29 is 14.3 Å². The average Bonchev–Trinajstić information content (AvgIpc) is 2.80. The van der Waals surface area contributed by atoms with Gasteiger partial charge < -0.3 is 25.3 Å². The van der Waals surface area contributed by atoms with Gasteiger partial charge in [-0.1, -0.05) is 18.2 Å². The summed E-state index contributed by atoms with van der Waals surface area (Å²) in [7, 11) is 0. The third-order valence-electron chi connectivity index (χ3n) is 5.31. The van der Waals surface area contributed by atoms with Crippen molar-refractivity contribution in [2.24, 2.45) is 0 Å². The lowest BCUT2D eigenvalue weighted by Crippen LogP contribution is -2.33. The van der Waals surface area contributed by atoms with Crippen molar-refractivity contribution in [3.63, 3.8) is 0 Å². The lowest BCUT2D eigenvalue weighted by molar-refractivity contribution is 0.0527. The molecule has 0 saturated heterocycles. The standard InChI is InChI=1S/C27H36N6O3/c1-18(2)33-22-14-13-19(25(34)31-20-11-7-6-8-12-20)17-21(22)32-24(23(33)28)29-15-9-10-16-30-26(35)36-27(3,4)5/h6-8,11-14,17-18,28H,9-10,15-16H2,1-5H3,(H,29,32)(H,30,35)(H,31,34). The van der Waals surface area contributed by atoms with E-state index in [1.54, 1.807) is 12.1 Å². The molecule has 0 atom stereocenters. The monoisotopic (exact) mass is 492 g/mol. The van der Waals surface area contributed by atoms with Crippen molar-refractivity contribution in [2.45, 2.75) is 59.1 Å². The summed E-state index contributed by atoms with van der Waals surface area (Å²) in [4.78, 5) is 29.2. The van der Waals surface area contributed by atoms with E-state index in [0.717, 1.165) is 24.0 Å². The molecular formula is C27H36N6O3. The third-order valence-corrected chi connectivity index (χ3v) is 5.31. The van der Waals surface area contributed by atoms with Gasteiger partial charge >= 0.3 is 6.09 Å². The molecule has 4 N–H and O–H groups in total. The van der Waals surface area contributed by atoms with Crippen LogP contribution in [0, 0.1) is 5.41 Å². The number of rotatable bonds is 9. The van der Waals surface area contributed by atoms with E-state index in [4.69, 9.17) is 10.1 Å². The fourth-order valence-corrected chi connectivity index (χ4v) is 3.71. The van der Waals surface area contributed by atoms with Crippen LogP contribution >= 0.6 is 0 Å². The quantitative estimate of drug-likeness (QED) is 0.311. The van der Waals surface area contributed by atoms with Crippen LogP contribution in [-0.4, -0.2) is 40.2 Å². The number of amides is 2. The molecule has 3 rings (SSSR count). The highest BCUT2D eigenvalue weighted by Crippen LogP contribution is 2.19. The lowest BCUT2D eigenvalue weighted by Gasteiger charge is -2.19. The maximum absolute atomic E-state index is 12.8. The van der Waals surface area contributed by atoms with Gasteiger partial charge in [-0.2, -0.15) is 0 Å². The Hall–Kier alpha value is -3.88. The molecule has 0 spiro atoms. The van der Waals surface area contributed by atoms with Crippen molar-refractivity contribution in [3.05, 3.63) is 59.6 Å².